The normalized spacial score (nSPS) is 10.5. The van der Waals surface area contributed by atoms with Gasteiger partial charge in [0, 0.05) is 23.4 Å². The number of rotatable bonds is 4. The summed E-state index contributed by atoms with van der Waals surface area (Å²) < 4.78 is 5.52. The Morgan fingerprint density at radius 1 is 1.00 bits per heavy atom. The largest absolute Gasteiger partial charge is 0.451 e. The van der Waals surface area contributed by atoms with E-state index in [1.54, 1.807) is 30.3 Å². The molecular formula is C17H10Cl2N2O4. The van der Waals surface area contributed by atoms with Crippen molar-refractivity contribution in [3.63, 3.8) is 0 Å². The first-order valence-electron chi connectivity index (χ1n) is 7.05. The number of non-ortho nitro benzene ring substituents is 1. The number of anilines is 1. The smallest absolute Gasteiger partial charge is 0.291 e. The van der Waals surface area contributed by atoms with Crippen molar-refractivity contribution < 1.29 is 14.1 Å². The van der Waals surface area contributed by atoms with E-state index in [1.807, 2.05) is 0 Å². The molecule has 1 heterocycles. The highest BCUT2D eigenvalue weighted by Gasteiger charge is 2.14. The van der Waals surface area contributed by atoms with Crippen molar-refractivity contribution in [2.45, 2.75) is 0 Å². The Balaban J connectivity index is 1.77. The molecule has 0 unspecified atom stereocenters. The number of carbonyl (C=O) groups excluding carboxylic acids is 1. The lowest BCUT2D eigenvalue weighted by Gasteiger charge is -2.04. The maximum Gasteiger partial charge on any atom is 0.291 e. The van der Waals surface area contributed by atoms with E-state index >= 15 is 0 Å². The minimum atomic E-state index is -0.484. The number of furan rings is 1. The maximum absolute atomic E-state index is 12.2. The third kappa shape index (κ3) is 3.81. The van der Waals surface area contributed by atoms with E-state index in [0.717, 1.165) is 0 Å². The van der Waals surface area contributed by atoms with Gasteiger partial charge < -0.3 is 9.73 Å². The van der Waals surface area contributed by atoms with Crippen LogP contribution in [0, 0.1) is 10.1 Å². The number of nitro groups is 1. The monoisotopic (exact) mass is 376 g/mol. The first kappa shape index (κ1) is 17.0. The van der Waals surface area contributed by atoms with E-state index in [4.69, 9.17) is 27.6 Å². The molecule has 0 fully saturated rings. The third-order valence-electron chi connectivity index (χ3n) is 3.37. The first-order valence-corrected chi connectivity index (χ1v) is 7.81. The molecule has 25 heavy (non-hydrogen) atoms. The standard InChI is InChI=1S/C17H10Cl2N2O4/c18-13-6-3-11(9-14(13)19)20-17(22)16-8-7-15(25-16)10-1-4-12(5-2-10)21(23)24/h1-9H,(H,20,22). The molecule has 3 aromatic rings. The molecule has 0 spiro atoms. The molecule has 126 valence electrons. The predicted molar refractivity (Wildman–Crippen MR) is 95.2 cm³/mol. The van der Waals surface area contributed by atoms with Gasteiger partial charge in [0.2, 0.25) is 0 Å². The lowest BCUT2D eigenvalue weighted by atomic mass is 10.1. The number of hydrogen-bond acceptors (Lipinski definition) is 4. The van der Waals surface area contributed by atoms with Crippen LogP contribution in [0.1, 0.15) is 10.6 Å². The van der Waals surface area contributed by atoms with Crippen LogP contribution in [0.5, 0.6) is 0 Å². The lowest BCUT2D eigenvalue weighted by Crippen LogP contribution is -2.10. The number of carbonyl (C=O) groups is 1. The van der Waals surface area contributed by atoms with E-state index in [-0.39, 0.29) is 11.4 Å². The number of nitrogens with zero attached hydrogens (tertiary/aromatic N) is 1. The quantitative estimate of drug-likeness (QED) is 0.486. The molecule has 0 aliphatic heterocycles. The van der Waals surface area contributed by atoms with E-state index in [9.17, 15) is 14.9 Å². The fourth-order valence-corrected chi connectivity index (χ4v) is 2.43. The number of nitro benzene ring substituents is 1. The summed E-state index contributed by atoms with van der Waals surface area (Å²) in [5, 5.41) is 14.0. The number of amides is 1. The van der Waals surface area contributed by atoms with Crippen molar-refractivity contribution >= 4 is 40.5 Å². The van der Waals surface area contributed by atoms with Gasteiger partial charge in [-0.1, -0.05) is 23.2 Å². The zero-order chi connectivity index (χ0) is 18.0. The summed E-state index contributed by atoms with van der Waals surface area (Å²) in [5.41, 5.74) is 1.08. The molecule has 0 radical (unpaired) electrons. The van der Waals surface area contributed by atoms with Gasteiger partial charge in [-0.05, 0) is 42.5 Å². The number of benzene rings is 2. The van der Waals surface area contributed by atoms with Crippen LogP contribution in [-0.4, -0.2) is 10.8 Å². The average molecular weight is 377 g/mol. The summed E-state index contributed by atoms with van der Waals surface area (Å²) in [6.07, 6.45) is 0. The fraction of sp³-hybridized carbons (Fsp3) is 0. The Morgan fingerprint density at radius 2 is 1.72 bits per heavy atom. The second kappa shape index (κ2) is 6.96. The van der Waals surface area contributed by atoms with Crippen LogP contribution in [0.15, 0.2) is 59.0 Å². The molecule has 0 bridgehead atoms. The highest BCUT2D eigenvalue weighted by Crippen LogP contribution is 2.27. The van der Waals surface area contributed by atoms with E-state index in [0.29, 0.717) is 27.1 Å². The molecule has 8 heteroatoms. The highest BCUT2D eigenvalue weighted by atomic mass is 35.5. The zero-order valence-corrected chi connectivity index (χ0v) is 14.0. The maximum atomic E-state index is 12.2. The summed E-state index contributed by atoms with van der Waals surface area (Å²) in [6, 6.07) is 13.7. The lowest BCUT2D eigenvalue weighted by molar-refractivity contribution is -0.384. The average Bonchev–Trinajstić information content (AvgIpc) is 3.08. The van der Waals surface area contributed by atoms with Gasteiger partial charge in [-0.2, -0.15) is 0 Å². The first-order chi connectivity index (χ1) is 11.9. The van der Waals surface area contributed by atoms with Crippen molar-refractivity contribution in [1.29, 1.82) is 0 Å². The predicted octanol–water partition coefficient (Wildman–Crippen LogP) is 5.41. The summed E-state index contributed by atoms with van der Waals surface area (Å²) in [5.74, 6) is 0.0696. The summed E-state index contributed by atoms with van der Waals surface area (Å²) in [7, 11) is 0. The van der Waals surface area contributed by atoms with Gasteiger partial charge in [0.05, 0.1) is 15.0 Å². The van der Waals surface area contributed by atoms with Gasteiger partial charge in [-0.15, -0.1) is 0 Å². The van der Waals surface area contributed by atoms with Crippen molar-refractivity contribution in [3.05, 3.63) is 80.5 Å². The molecular weight excluding hydrogens is 367 g/mol. The van der Waals surface area contributed by atoms with Gasteiger partial charge in [0.1, 0.15) is 5.76 Å². The Hall–Kier alpha value is -2.83. The molecule has 0 saturated carbocycles. The molecule has 0 atom stereocenters. The molecule has 0 aliphatic rings. The highest BCUT2D eigenvalue weighted by molar-refractivity contribution is 6.42. The van der Waals surface area contributed by atoms with E-state index in [2.05, 4.69) is 5.32 Å². The zero-order valence-electron chi connectivity index (χ0n) is 12.5. The Kier molecular flexibility index (Phi) is 4.74. The second-order valence-corrected chi connectivity index (χ2v) is 5.87. The van der Waals surface area contributed by atoms with Crippen LogP contribution >= 0.6 is 23.2 Å². The van der Waals surface area contributed by atoms with Crippen molar-refractivity contribution in [2.24, 2.45) is 0 Å². The van der Waals surface area contributed by atoms with Crippen LogP contribution in [0.2, 0.25) is 10.0 Å². The van der Waals surface area contributed by atoms with E-state index < -0.39 is 10.8 Å². The van der Waals surface area contributed by atoms with Crippen LogP contribution < -0.4 is 5.32 Å². The summed E-state index contributed by atoms with van der Waals surface area (Å²) in [4.78, 5) is 22.4. The molecule has 1 aromatic heterocycles. The van der Waals surface area contributed by atoms with Gasteiger partial charge in [0.25, 0.3) is 11.6 Å². The van der Waals surface area contributed by atoms with Gasteiger partial charge in [-0.3, -0.25) is 14.9 Å². The number of hydrogen-bond donors (Lipinski definition) is 1. The third-order valence-corrected chi connectivity index (χ3v) is 4.11. The molecule has 6 nitrogen and oxygen atoms in total. The van der Waals surface area contributed by atoms with Crippen LogP contribution in [0.3, 0.4) is 0 Å². The summed E-state index contributed by atoms with van der Waals surface area (Å²) in [6.45, 7) is 0. The Bertz CT molecular complexity index is 952. The Morgan fingerprint density at radius 3 is 2.36 bits per heavy atom. The van der Waals surface area contributed by atoms with Gasteiger partial charge in [0.15, 0.2) is 5.76 Å². The van der Waals surface area contributed by atoms with Crippen molar-refractivity contribution in [3.8, 4) is 11.3 Å². The molecule has 1 amide bonds. The summed E-state index contributed by atoms with van der Waals surface area (Å²) >= 11 is 11.7. The topological polar surface area (TPSA) is 85.4 Å². The molecule has 2 aromatic carbocycles. The Labute approximate surface area is 152 Å². The minimum absolute atomic E-state index is 0.0205. The molecule has 0 aliphatic carbocycles. The molecule has 1 N–H and O–H groups in total. The molecule has 3 rings (SSSR count). The number of nitrogens with one attached hydrogen (secondary N) is 1. The minimum Gasteiger partial charge on any atom is -0.451 e. The van der Waals surface area contributed by atoms with Gasteiger partial charge in [-0.25, -0.2) is 0 Å². The number of halogens is 2. The van der Waals surface area contributed by atoms with Crippen LogP contribution in [-0.2, 0) is 0 Å². The van der Waals surface area contributed by atoms with E-state index in [1.165, 1.54) is 24.3 Å². The van der Waals surface area contributed by atoms with Crippen molar-refractivity contribution in [1.82, 2.24) is 0 Å². The fourth-order valence-electron chi connectivity index (χ4n) is 2.13. The SMILES string of the molecule is O=C(Nc1ccc(Cl)c(Cl)c1)c1ccc(-c2ccc([N+](=O)[O-])cc2)o1. The van der Waals surface area contributed by atoms with Crippen LogP contribution in [0.25, 0.3) is 11.3 Å². The molecule has 0 saturated heterocycles. The van der Waals surface area contributed by atoms with Crippen LogP contribution in [0.4, 0.5) is 11.4 Å². The van der Waals surface area contributed by atoms with Gasteiger partial charge >= 0.3 is 0 Å². The van der Waals surface area contributed by atoms with Crippen molar-refractivity contribution in [2.75, 3.05) is 5.32 Å². The second-order valence-electron chi connectivity index (χ2n) is 5.05.